The van der Waals surface area contributed by atoms with Gasteiger partial charge in [0.1, 0.15) is 5.82 Å². The third-order valence-corrected chi connectivity index (χ3v) is 3.23. The Morgan fingerprint density at radius 1 is 1.38 bits per heavy atom. The SMILES string of the molecule is Cc1cc(N2C(=O)C3CC3C2=O)ncc1N. The molecular formula is C11H11N3O2. The van der Waals surface area contributed by atoms with E-state index in [4.69, 9.17) is 5.73 Å². The molecular weight excluding hydrogens is 206 g/mol. The van der Waals surface area contributed by atoms with E-state index < -0.39 is 0 Å². The zero-order valence-corrected chi connectivity index (χ0v) is 8.80. The average Bonchev–Trinajstić information content (AvgIpc) is 2.98. The number of hydrogen-bond acceptors (Lipinski definition) is 4. The van der Waals surface area contributed by atoms with Crippen molar-refractivity contribution in [2.45, 2.75) is 13.3 Å². The van der Waals surface area contributed by atoms with Crippen LogP contribution in [0.15, 0.2) is 12.3 Å². The first-order valence-electron chi connectivity index (χ1n) is 5.19. The van der Waals surface area contributed by atoms with Gasteiger partial charge in [0, 0.05) is 0 Å². The number of amides is 2. The molecule has 0 bridgehead atoms. The van der Waals surface area contributed by atoms with Gasteiger partial charge in [0.2, 0.25) is 11.8 Å². The molecule has 2 aliphatic rings. The maximum atomic E-state index is 11.8. The van der Waals surface area contributed by atoms with Gasteiger partial charge in [-0.05, 0) is 25.0 Å². The van der Waals surface area contributed by atoms with E-state index in [1.54, 1.807) is 6.07 Å². The smallest absolute Gasteiger partial charge is 0.238 e. The Labute approximate surface area is 92.3 Å². The first kappa shape index (κ1) is 9.33. The van der Waals surface area contributed by atoms with Crippen LogP contribution in [0, 0.1) is 18.8 Å². The highest BCUT2D eigenvalue weighted by Gasteiger charge is 2.59. The molecule has 0 spiro atoms. The Morgan fingerprint density at radius 2 is 2.00 bits per heavy atom. The number of rotatable bonds is 1. The second-order valence-corrected chi connectivity index (χ2v) is 4.36. The standard InChI is InChI=1S/C11H11N3O2/c1-5-2-9(13-4-8(5)12)14-10(15)6-3-7(6)11(14)16/h2,4,6-7H,3,12H2,1H3. The number of aromatic nitrogens is 1. The van der Waals surface area contributed by atoms with Crippen LogP contribution in [-0.4, -0.2) is 16.8 Å². The number of fused-ring (bicyclic) bond motifs is 1. The Morgan fingerprint density at radius 3 is 2.56 bits per heavy atom. The summed E-state index contributed by atoms with van der Waals surface area (Å²) in [7, 11) is 0. The number of carbonyl (C=O) groups is 2. The number of nitrogens with zero attached hydrogens (tertiary/aromatic N) is 2. The van der Waals surface area contributed by atoms with E-state index >= 15 is 0 Å². The summed E-state index contributed by atoms with van der Waals surface area (Å²) in [6, 6.07) is 1.68. The zero-order valence-electron chi connectivity index (χ0n) is 8.80. The van der Waals surface area contributed by atoms with Gasteiger partial charge >= 0.3 is 0 Å². The monoisotopic (exact) mass is 217 g/mol. The minimum absolute atomic E-state index is 0.0906. The molecule has 2 amide bonds. The van der Waals surface area contributed by atoms with Gasteiger partial charge in [-0.1, -0.05) is 0 Å². The number of anilines is 2. The van der Waals surface area contributed by atoms with Gasteiger partial charge in [-0.15, -0.1) is 0 Å². The number of nitrogen functional groups attached to an aromatic ring is 1. The van der Waals surface area contributed by atoms with Crippen LogP contribution in [0.3, 0.4) is 0 Å². The molecule has 2 atom stereocenters. The minimum Gasteiger partial charge on any atom is -0.397 e. The third kappa shape index (κ3) is 1.08. The van der Waals surface area contributed by atoms with Crippen molar-refractivity contribution in [1.82, 2.24) is 4.98 Å². The molecule has 5 heteroatoms. The topological polar surface area (TPSA) is 76.3 Å². The van der Waals surface area contributed by atoms with E-state index in [9.17, 15) is 9.59 Å². The van der Waals surface area contributed by atoms with Gasteiger partial charge in [-0.3, -0.25) is 9.59 Å². The molecule has 2 fully saturated rings. The quantitative estimate of drug-likeness (QED) is 0.694. The van der Waals surface area contributed by atoms with E-state index in [0.29, 0.717) is 17.9 Å². The van der Waals surface area contributed by atoms with Gasteiger partial charge in [-0.25, -0.2) is 9.88 Å². The van der Waals surface area contributed by atoms with Gasteiger partial charge in [0.05, 0.1) is 23.7 Å². The van der Waals surface area contributed by atoms with Gasteiger partial charge in [0.15, 0.2) is 0 Å². The summed E-state index contributed by atoms with van der Waals surface area (Å²) in [4.78, 5) is 28.8. The maximum Gasteiger partial charge on any atom is 0.238 e. The number of carbonyl (C=O) groups excluding carboxylic acids is 2. The third-order valence-electron chi connectivity index (χ3n) is 3.23. The van der Waals surface area contributed by atoms with Crippen LogP contribution >= 0.6 is 0 Å². The first-order chi connectivity index (χ1) is 7.59. The molecule has 1 aliphatic heterocycles. The number of nitrogens with two attached hydrogens (primary N) is 1. The molecule has 1 saturated carbocycles. The predicted octanol–water partition coefficient (Wildman–Crippen LogP) is 0.482. The molecule has 1 aromatic heterocycles. The van der Waals surface area contributed by atoms with Crippen LogP contribution < -0.4 is 10.6 Å². The van der Waals surface area contributed by atoms with Crippen LogP contribution in [0.1, 0.15) is 12.0 Å². The first-order valence-corrected chi connectivity index (χ1v) is 5.19. The average molecular weight is 217 g/mol. The molecule has 2 N–H and O–H groups in total. The molecule has 1 saturated heterocycles. The van der Waals surface area contributed by atoms with E-state index in [1.807, 2.05) is 6.92 Å². The van der Waals surface area contributed by atoms with Crippen LogP contribution in [0.2, 0.25) is 0 Å². The van der Waals surface area contributed by atoms with Crippen molar-refractivity contribution >= 4 is 23.3 Å². The molecule has 5 nitrogen and oxygen atoms in total. The minimum atomic E-state index is -0.119. The summed E-state index contributed by atoms with van der Waals surface area (Å²) >= 11 is 0. The number of pyridine rings is 1. The summed E-state index contributed by atoms with van der Waals surface area (Å²) in [5.74, 6) is -0.0217. The van der Waals surface area contributed by atoms with E-state index in [1.165, 1.54) is 11.1 Å². The van der Waals surface area contributed by atoms with Gasteiger partial charge < -0.3 is 5.73 Å². The fourth-order valence-electron chi connectivity index (χ4n) is 2.08. The van der Waals surface area contributed by atoms with Crippen molar-refractivity contribution in [2.24, 2.45) is 11.8 Å². The van der Waals surface area contributed by atoms with Crippen molar-refractivity contribution in [1.29, 1.82) is 0 Å². The van der Waals surface area contributed by atoms with Crippen LogP contribution in [-0.2, 0) is 9.59 Å². The van der Waals surface area contributed by atoms with Crippen molar-refractivity contribution in [3.63, 3.8) is 0 Å². The number of imide groups is 1. The van der Waals surface area contributed by atoms with E-state index in [2.05, 4.69) is 4.98 Å². The molecule has 3 rings (SSSR count). The zero-order chi connectivity index (χ0) is 11.4. The van der Waals surface area contributed by atoms with Crippen molar-refractivity contribution in [3.05, 3.63) is 17.8 Å². The normalized spacial score (nSPS) is 27.2. The molecule has 0 radical (unpaired) electrons. The lowest BCUT2D eigenvalue weighted by Crippen LogP contribution is -2.33. The van der Waals surface area contributed by atoms with Gasteiger partial charge in [0.25, 0.3) is 0 Å². The largest absolute Gasteiger partial charge is 0.397 e. The van der Waals surface area contributed by atoms with E-state index in [0.717, 1.165) is 5.56 Å². The summed E-state index contributed by atoms with van der Waals surface area (Å²) in [6.07, 6.45) is 2.19. The fraction of sp³-hybridized carbons (Fsp3) is 0.364. The Bertz CT molecular complexity index is 492. The lowest BCUT2D eigenvalue weighted by molar-refractivity contribution is -0.123. The fourth-order valence-corrected chi connectivity index (χ4v) is 2.08. The predicted molar refractivity (Wildman–Crippen MR) is 57.5 cm³/mol. The Balaban J connectivity index is 2.01. The van der Waals surface area contributed by atoms with Gasteiger partial charge in [-0.2, -0.15) is 0 Å². The summed E-state index contributed by atoms with van der Waals surface area (Å²) in [5, 5.41) is 0. The molecule has 2 unspecified atom stereocenters. The molecule has 82 valence electrons. The highest BCUT2D eigenvalue weighted by Crippen LogP contribution is 2.48. The number of piperidine rings is 1. The lowest BCUT2D eigenvalue weighted by Gasteiger charge is -2.15. The Kier molecular flexibility index (Phi) is 1.64. The van der Waals surface area contributed by atoms with Crippen molar-refractivity contribution in [3.8, 4) is 0 Å². The maximum absolute atomic E-state index is 11.8. The van der Waals surface area contributed by atoms with Crippen molar-refractivity contribution < 1.29 is 9.59 Å². The van der Waals surface area contributed by atoms with Crippen LogP contribution in [0.25, 0.3) is 0 Å². The summed E-state index contributed by atoms with van der Waals surface area (Å²) < 4.78 is 0. The second-order valence-electron chi connectivity index (χ2n) is 4.36. The molecule has 1 aliphatic carbocycles. The van der Waals surface area contributed by atoms with E-state index in [-0.39, 0.29) is 23.7 Å². The highest BCUT2D eigenvalue weighted by molar-refractivity contribution is 6.24. The summed E-state index contributed by atoms with van der Waals surface area (Å²) in [6.45, 7) is 1.83. The lowest BCUT2D eigenvalue weighted by atomic mass is 10.2. The van der Waals surface area contributed by atoms with Crippen LogP contribution in [0.5, 0.6) is 0 Å². The molecule has 1 aromatic rings. The van der Waals surface area contributed by atoms with Crippen LogP contribution in [0.4, 0.5) is 11.5 Å². The number of aryl methyl sites for hydroxylation is 1. The second kappa shape index (κ2) is 2.81. The number of hydrogen-bond donors (Lipinski definition) is 1. The molecule has 0 aromatic carbocycles. The molecule has 2 heterocycles. The van der Waals surface area contributed by atoms with Crippen molar-refractivity contribution in [2.75, 3.05) is 10.6 Å². The Hall–Kier alpha value is -1.91. The highest BCUT2D eigenvalue weighted by atomic mass is 16.2. The molecule has 16 heavy (non-hydrogen) atoms. The summed E-state index contributed by atoms with van der Waals surface area (Å²) in [5.41, 5.74) is 7.03.